The summed E-state index contributed by atoms with van der Waals surface area (Å²) in [6, 6.07) is 0. The molecular formula is C28H38N4O10. The molecule has 2 aromatic heterocycles. The van der Waals surface area contributed by atoms with Crippen LogP contribution in [0.25, 0.3) is 6.08 Å². The molecule has 2 aliphatic heterocycles. The van der Waals surface area contributed by atoms with E-state index in [4.69, 9.17) is 37.5 Å². The van der Waals surface area contributed by atoms with Gasteiger partial charge in [0.15, 0.2) is 11.8 Å². The van der Waals surface area contributed by atoms with Crippen molar-refractivity contribution in [1.29, 1.82) is 0 Å². The van der Waals surface area contributed by atoms with Gasteiger partial charge in [-0.15, -0.1) is 0 Å². The summed E-state index contributed by atoms with van der Waals surface area (Å²) in [4.78, 5) is 67.3. The van der Waals surface area contributed by atoms with Crippen LogP contribution in [0.1, 0.15) is 64.8 Å². The lowest BCUT2D eigenvalue weighted by Crippen LogP contribution is -2.52. The normalized spacial score (nSPS) is 14.0. The molecule has 230 valence electrons. The van der Waals surface area contributed by atoms with E-state index in [-0.39, 0.29) is 24.5 Å². The molecule has 14 nitrogen and oxygen atoms in total. The molecule has 0 aromatic carbocycles. The predicted molar refractivity (Wildman–Crippen MR) is 143 cm³/mol. The van der Waals surface area contributed by atoms with Crippen LogP contribution < -0.4 is 0 Å². The van der Waals surface area contributed by atoms with Gasteiger partial charge in [0.2, 0.25) is 0 Å². The summed E-state index contributed by atoms with van der Waals surface area (Å²) in [5.41, 5.74) is 0.264. The standard InChI is InChI=1S/C13H20N2O3.C13H18N2O3.2CO2/c2*1-9-14-6-11(17-9)5-10-7-15(8-10)12(16)18-13(2,3)4;2*2-1-3/h6,10H,5,7-8H2,1-4H3;5-6H,7-8H2,1-4H3;;. The van der Waals surface area contributed by atoms with E-state index in [2.05, 4.69) is 9.97 Å². The molecule has 4 rings (SSSR count). The summed E-state index contributed by atoms with van der Waals surface area (Å²) in [6.07, 6.45) is 6.19. The van der Waals surface area contributed by atoms with E-state index in [0.29, 0.717) is 30.8 Å². The smallest absolute Gasteiger partial charge is 0.410 e. The average molecular weight is 591 g/mol. The van der Waals surface area contributed by atoms with Gasteiger partial charge in [0.1, 0.15) is 22.7 Å². The van der Waals surface area contributed by atoms with Gasteiger partial charge in [0, 0.05) is 52.4 Å². The number of carbonyl (C=O) groups is 2. The number of hydrogen-bond acceptors (Lipinski definition) is 12. The molecular weight excluding hydrogens is 552 g/mol. The van der Waals surface area contributed by atoms with Crippen molar-refractivity contribution < 1.29 is 47.1 Å². The fourth-order valence-corrected chi connectivity index (χ4v) is 3.60. The summed E-state index contributed by atoms with van der Waals surface area (Å²) >= 11 is 0. The molecule has 0 bridgehead atoms. The lowest BCUT2D eigenvalue weighted by molar-refractivity contribution is -0.193. The second-order valence-corrected chi connectivity index (χ2v) is 11.4. The van der Waals surface area contributed by atoms with Crippen LogP contribution >= 0.6 is 0 Å². The van der Waals surface area contributed by atoms with E-state index < -0.39 is 11.2 Å². The predicted octanol–water partition coefficient (Wildman–Crippen LogP) is 3.84. The zero-order chi connectivity index (χ0) is 32.1. The van der Waals surface area contributed by atoms with Gasteiger partial charge in [-0.1, -0.05) is 0 Å². The van der Waals surface area contributed by atoms with Crippen LogP contribution in [-0.2, 0) is 35.1 Å². The molecule has 2 fully saturated rings. The Kier molecular flexibility index (Phi) is 13.6. The summed E-state index contributed by atoms with van der Waals surface area (Å²) in [5.74, 6) is 3.40. The minimum atomic E-state index is -0.446. The van der Waals surface area contributed by atoms with E-state index in [1.54, 1.807) is 29.1 Å². The van der Waals surface area contributed by atoms with Crippen LogP contribution in [0.3, 0.4) is 0 Å². The van der Waals surface area contributed by atoms with Crippen LogP contribution in [0.5, 0.6) is 0 Å². The van der Waals surface area contributed by atoms with Crippen molar-refractivity contribution >= 4 is 30.6 Å². The molecule has 4 heterocycles. The number of hydrogen-bond donors (Lipinski definition) is 0. The maximum Gasteiger partial charge on any atom is 0.410 e. The second kappa shape index (κ2) is 16.0. The first kappa shape index (κ1) is 35.5. The zero-order valence-corrected chi connectivity index (χ0v) is 25.2. The van der Waals surface area contributed by atoms with E-state index in [9.17, 15) is 9.59 Å². The third kappa shape index (κ3) is 13.7. The third-order valence-electron chi connectivity index (χ3n) is 5.19. The van der Waals surface area contributed by atoms with Crippen molar-refractivity contribution in [2.24, 2.45) is 5.92 Å². The molecule has 0 aliphatic carbocycles. The average Bonchev–Trinajstić information content (AvgIpc) is 3.39. The van der Waals surface area contributed by atoms with Gasteiger partial charge in [-0.2, -0.15) is 19.2 Å². The number of ether oxygens (including phenoxy) is 2. The van der Waals surface area contributed by atoms with Gasteiger partial charge in [0.05, 0.1) is 12.4 Å². The Labute approximate surface area is 244 Å². The molecule has 0 N–H and O–H groups in total. The molecule has 0 unspecified atom stereocenters. The number of aromatic nitrogens is 2. The number of oxazole rings is 2. The molecule has 42 heavy (non-hydrogen) atoms. The Bertz CT molecular complexity index is 1240. The monoisotopic (exact) mass is 590 g/mol. The molecule has 14 heteroatoms. The van der Waals surface area contributed by atoms with Gasteiger partial charge in [-0.05, 0) is 53.2 Å². The molecule has 0 spiro atoms. The molecule has 2 saturated heterocycles. The lowest BCUT2D eigenvalue weighted by atomic mass is 9.96. The number of nitrogens with zero attached hydrogens (tertiary/aromatic N) is 4. The third-order valence-corrected chi connectivity index (χ3v) is 5.19. The van der Waals surface area contributed by atoms with Crippen LogP contribution in [0.15, 0.2) is 26.8 Å². The molecule has 0 atom stereocenters. The lowest BCUT2D eigenvalue weighted by Gasteiger charge is -2.39. The highest BCUT2D eigenvalue weighted by atomic mass is 16.6. The van der Waals surface area contributed by atoms with Crippen LogP contribution in [0.2, 0.25) is 0 Å². The summed E-state index contributed by atoms with van der Waals surface area (Å²) in [5, 5.41) is 0. The Morgan fingerprint density at radius 3 is 1.71 bits per heavy atom. The highest BCUT2D eigenvalue weighted by Gasteiger charge is 2.34. The van der Waals surface area contributed by atoms with Crippen molar-refractivity contribution in [3.05, 3.63) is 41.3 Å². The largest absolute Gasteiger partial charge is 0.446 e. The van der Waals surface area contributed by atoms with E-state index >= 15 is 0 Å². The minimum Gasteiger partial charge on any atom is -0.446 e. The van der Waals surface area contributed by atoms with Crippen molar-refractivity contribution in [2.75, 3.05) is 26.2 Å². The molecule has 2 aromatic rings. The van der Waals surface area contributed by atoms with E-state index in [1.165, 1.54) is 0 Å². The number of amides is 2. The Hall–Kier alpha value is -4.54. The van der Waals surface area contributed by atoms with Gasteiger partial charge in [-0.25, -0.2) is 19.6 Å². The fourth-order valence-electron chi connectivity index (χ4n) is 3.60. The van der Waals surface area contributed by atoms with Crippen LogP contribution in [0.4, 0.5) is 9.59 Å². The van der Waals surface area contributed by atoms with Gasteiger partial charge < -0.3 is 28.1 Å². The maximum atomic E-state index is 11.7. The minimum absolute atomic E-state index is 0.229. The first-order valence-corrected chi connectivity index (χ1v) is 13.0. The molecule has 0 radical (unpaired) electrons. The topological polar surface area (TPSA) is 179 Å². The SMILES string of the molecule is Cc1ncc(C=C2CN(C(=O)OC(C)(C)C)C2)o1.Cc1ncc(CC2CN(C(=O)OC(C)(C)C)C2)o1.O=C=O.O=C=O. The van der Waals surface area contributed by atoms with Crippen molar-refractivity contribution in [2.45, 2.75) is 73.0 Å². The first-order valence-electron chi connectivity index (χ1n) is 13.0. The quantitative estimate of drug-likeness (QED) is 0.505. The van der Waals surface area contributed by atoms with Gasteiger partial charge in [-0.3, -0.25) is 0 Å². The molecule has 0 saturated carbocycles. The number of aryl methyl sites for hydroxylation is 2. The van der Waals surface area contributed by atoms with Gasteiger partial charge in [0.25, 0.3) is 0 Å². The summed E-state index contributed by atoms with van der Waals surface area (Å²) in [7, 11) is 0. The van der Waals surface area contributed by atoms with Crippen molar-refractivity contribution in [3.8, 4) is 0 Å². The highest BCUT2D eigenvalue weighted by Crippen LogP contribution is 2.23. The first-order chi connectivity index (χ1) is 19.5. The van der Waals surface area contributed by atoms with E-state index in [1.807, 2.05) is 54.5 Å². The number of likely N-dealkylation sites (tertiary alicyclic amines) is 2. The fraction of sp³-hybridized carbons (Fsp3) is 0.571. The number of rotatable bonds is 3. The van der Waals surface area contributed by atoms with Crippen LogP contribution in [0, 0.1) is 19.8 Å². The number of carbonyl (C=O) groups excluding carboxylic acids is 6. The highest BCUT2D eigenvalue weighted by molar-refractivity contribution is 5.72. The van der Waals surface area contributed by atoms with Crippen molar-refractivity contribution in [1.82, 2.24) is 19.8 Å². The molecule has 2 aliphatic rings. The Balaban J connectivity index is 0.000000354. The second-order valence-electron chi connectivity index (χ2n) is 11.4. The summed E-state index contributed by atoms with van der Waals surface area (Å²) < 4.78 is 21.3. The van der Waals surface area contributed by atoms with Gasteiger partial charge >= 0.3 is 24.5 Å². The Morgan fingerprint density at radius 1 is 0.857 bits per heavy atom. The zero-order valence-electron chi connectivity index (χ0n) is 25.2. The molecule has 2 amide bonds. The Morgan fingerprint density at radius 2 is 1.31 bits per heavy atom. The summed E-state index contributed by atoms with van der Waals surface area (Å²) in [6.45, 7) is 17.5. The van der Waals surface area contributed by atoms with Crippen LogP contribution in [-0.4, -0.2) is 81.6 Å². The van der Waals surface area contributed by atoms with E-state index in [0.717, 1.165) is 36.6 Å². The van der Waals surface area contributed by atoms with Crippen molar-refractivity contribution in [3.63, 3.8) is 0 Å². The maximum absolute atomic E-state index is 11.7.